The van der Waals surface area contributed by atoms with Crippen LogP contribution in [-0.2, 0) is 19.4 Å². The lowest BCUT2D eigenvalue weighted by Crippen LogP contribution is -2.21. The minimum Gasteiger partial charge on any atom is -0.390 e. The van der Waals surface area contributed by atoms with Gasteiger partial charge in [-0.3, -0.25) is 4.98 Å². The van der Waals surface area contributed by atoms with E-state index in [0.29, 0.717) is 5.69 Å². The summed E-state index contributed by atoms with van der Waals surface area (Å²) in [6.07, 6.45) is 2.84. The highest BCUT2D eigenvalue weighted by atomic mass is 16.3. The van der Waals surface area contributed by atoms with Gasteiger partial charge in [-0.1, -0.05) is 0 Å². The van der Waals surface area contributed by atoms with Crippen LogP contribution in [0.15, 0.2) is 0 Å². The minimum absolute atomic E-state index is 0.118. The standard InChI is InChI=1S/C11H15N3O2/c1-6-9(5-15)13-8-4-2-3-7(8)10(6)14-11(12)16/h15H,2-5H2,1H3,(H3,12,13,14,16). The molecule has 5 nitrogen and oxygen atoms in total. The summed E-state index contributed by atoms with van der Waals surface area (Å²) in [5.74, 6) is 0. The van der Waals surface area contributed by atoms with E-state index in [-0.39, 0.29) is 6.61 Å². The third-order valence-corrected chi connectivity index (χ3v) is 2.97. The summed E-state index contributed by atoms with van der Waals surface area (Å²) in [6.45, 7) is 1.72. The van der Waals surface area contributed by atoms with Crippen molar-refractivity contribution in [2.24, 2.45) is 5.73 Å². The molecule has 1 aromatic heterocycles. The van der Waals surface area contributed by atoms with Crippen molar-refractivity contribution < 1.29 is 9.90 Å². The third kappa shape index (κ3) is 1.74. The number of carbonyl (C=O) groups is 1. The van der Waals surface area contributed by atoms with E-state index in [2.05, 4.69) is 10.3 Å². The van der Waals surface area contributed by atoms with Gasteiger partial charge in [0.15, 0.2) is 0 Å². The van der Waals surface area contributed by atoms with Crippen LogP contribution in [0, 0.1) is 6.92 Å². The number of carbonyl (C=O) groups excluding carboxylic acids is 1. The second-order valence-corrected chi connectivity index (χ2v) is 3.98. The van der Waals surface area contributed by atoms with Crippen molar-refractivity contribution in [3.05, 3.63) is 22.5 Å². The number of hydrogen-bond acceptors (Lipinski definition) is 3. The Kier molecular flexibility index (Phi) is 2.78. The van der Waals surface area contributed by atoms with E-state index in [0.717, 1.165) is 41.8 Å². The second kappa shape index (κ2) is 4.09. The van der Waals surface area contributed by atoms with Crippen molar-refractivity contribution >= 4 is 11.7 Å². The summed E-state index contributed by atoms with van der Waals surface area (Å²) in [7, 11) is 0. The fourth-order valence-corrected chi connectivity index (χ4v) is 2.18. The number of nitrogens with two attached hydrogens (primary N) is 1. The lowest BCUT2D eigenvalue weighted by atomic mass is 10.1. The number of aliphatic hydroxyl groups is 1. The average Bonchev–Trinajstić information content (AvgIpc) is 2.69. The van der Waals surface area contributed by atoms with Crippen LogP contribution < -0.4 is 11.1 Å². The van der Waals surface area contributed by atoms with E-state index in [4.69, 9.17) is 5.73 Å². The average molecular weight is 221 g/mol. The fraction of sp³-hybridized carbons (Fsp3) is 0.455. The number of aliphatic hydroxyl groups excluding tert-OH is 1. The lowest BCUT2D eigenvalue weighted by molar-refractivity contribution is 0.259. The Labute approximate surface area is 93.7 Å². The maximum Gasteiger partial charge on any atom is 0.316 e. The van der Waals surface area contributed by atoms with Crippen LogP contribution in [0.3, 0.4) is 0 Å². The molecule has 1 heterocycles. The van der Waals surface area contributed by atoms with E-state index >= 15 is 0 Å². The molecule has 0 fully saturated rings. The number of pyridine rings is 1. The summed E-state index contributed by atoms with van der Waals surface area (Å²) in [5.41, 5.74) is 9.34. The molecular formula is C11H15N3O2. The van der Waals surface area contributed by atoms with Crippen LogP contribution in [0.1, 0.15) is 28.9 Å². The number of amides is 2. The maximum atomic E-state index is 10.9. The monoisotopic (exact) mass is 221 g/mol. The molecule has 2 rings (SSSR count). The molecule has 1 aliphatic carbocycles. The van der Waals surface area contributed by atoms with Gasteiger partial charge >= 0.3 is 6.03 Å². The molecule has 0 aliphatic heterocycles. The molecule has 0 bridgehead atoms. The first-order valence-electron chi connectivity index (χ1n) is 5.32. The zero-order chi connectivity index (χ0) is 11.7. The zero-order valence-electron chi connectivity index (χ0n) is 9.21. The molecule has 0 atom stereocenters. The number of rotatable bonds is 2. The van der Waals surface area contributed by atoms with Gasteiger partial charge in [-0.05, 0) is 37.3 Å². The van der Waals surface area contributed by atoms with Crippen LogP contribution in [0.4, 0.5) is 10.5 Å². The van der Waals surface area contributed by atoms with Gasteiger partial charge in [0.1, 0.15) is 0 Å². The summed E-state index contributed by atoms with van der Waals surface area (Å²) in [4.78, 5) is 15.3. The van der Waals surface area contributed by atoms with Crippen LogP contribution in [0.25, 0.3) is 0 Å². The van der Waals surface area contributed by atoms with Crippen molar-refractivity contribution in [2.75, 3.05) is 5.32 Å². The molecule has 4 N–H and O–H groups in total. The first-order valence-corrected chi connectivity index (χ1v) is 5.32. The topological polar surface area (TPSA) is 88.2 Å². The van der Waals surface area contributed by atoms with Gasteiger partial charge in [-0.2, -0.15) is 0 Å². The highest BCUT2D eigenvalue weighted by Crippen LogP contribution is 2.31. The Hall–Kier alpha value is -1.62. The molecule has 0 radical (unpaired) electrons. The fourth-order valence-electron chi connectivity index (χ4n) is 2.18. The SMILES string of the molecule is Cc1c(CO)nc2c(c1NC(N)=O)CCC2. The van der Waals surface area contributed by atoms with Gasteiger partial charge in [0.25, 0.3) is 0 Å². The number of anilines is 1. The number of fused-ring (bicyclic) bond motifs is 1. The smallest absolute Gasteiger partial charge is 0.316 e. The summed E-state index contributed by atoms with van der Waals surface area (Å²) in [5, 5.41) is 11.8. The summed E-state index contributed by atoms with van der Waals surface area (Å²) in [6, 6.07) is -0.577. The Balaban J connectivity index is 2.55. The molecule has 0 saturated carbocycles. The summed E-state index contributed by atoms with van der Waals surface area (Å²) < 4.78 is 0. The largest absolute Gasteiger partial charge is 0.390 e. The first kappa shape index (κ1) is 10.9. The van der Waals surface area contributed by atoms with Gasteiger partial charge in [0, 0.05) is 5.69 Å². The molecule has 5 heteroatoms. The number of aromatic nitrogens is 1. The number of urea groups is 1. The first-order chi connectivity index (χ1) is 7.63. The highest BCUT2D eigenvalue weighted by molar-refractivity contribution is 5.90. The van der Waals surface area contributed by atoms with Crippen molar-refractivity contribution in [3.8, 4) is 0 Å². The Bertz CT molecular complexity index is 443. The van der Waals surface area contributed by atoms with Gasteiger partial charge in [0.2, 0.25) is 0 Å². The number of hydrogen-bond donors (Lipinski definition) is 3. The Morgan fingerprint density at radius 3 is 2.94 bits per heavy atom. The van der Waals surface area contributed by atoms with E-state index in [1.807, 2.05) is 6.92 Å². The molecule has 2 amide bonds. The van der Waals surface area contributed by atoms with Crippen LogP contribution >= 0.6 is 0 Å². The molecule has 0 unspecified atom stereocenters. The van der Waals surface area contributed by atoms with Gasteiger partial charge in [-0.15, -0.1) is 0 Å². The van der Waals surface area contributed by atoms with Crippen molar-refractivity contribution in [2.45, 2.75) is 32.8 Å². The van der Waals surface area contributed by atoms with Gasteiger partial charge < -0.3 is 16.2 Å². The third-order valence-electron chi connectivity index (χ3n) is 2.97. The lowest BCUT2D eigenvalue weighted by Gasteiger charge is -2.14. The van der Waals surface area contributed by atoms with Crippen molar-refractivity contribution in [1.82, 2.24) is 4.98 Å². The quantitative estimate of drug-likeness (QED) is 0.692. The number of nitrogens with zero attached hydrogens (tertiary/aromatic N) is 1. The number of nitrogens with one attached hydrogen (secondary N) is 1. The molecule has 86 valence electrons. The van der Waals surface area contributed by atoms with E-state index in [9.17, 15) is 9.90 Å². The molecule has 1 aliphatic rings. The molecule has 0 spiro atoms. The van der Waals surface area contributed by atoms with E-state index < -0.39 is 6.03 Å². The van der Waals surface area contributed by atoms with Crippen LogP contribution in [-0.4, -0.2) is 16.1 Å². The molecule has 0 aromatic carbocycles. The van der Waals surface area contributed by atoms with Crippen molar-refractivity contribution in [1.29, 1.82) is 0 Å². The summed E-state index contributed by atoms with van der Waals surface area (Å²) >= 11 is 0. The van der Waals surface area contributed by atoms with Gasteiger partial charge in [-0.25, -0.2) is 4.79 Å². The number of aryl methyl sites for hydroxylation is 1. The molecule has 16 heavy (non-hydrogen) atoms. The minimum atomic E-state index is -0.577. The van der Waals surface area contributed by atoms with E-state index in [1.54, 1.807) is 0 Å². The van der Waals surface area contributed by atoms with Crippen molar-refractivity contribution in [3.63, 3.8) is 0 Å². The maximum absolute atomic E-state index is 10.9. The predicted molar refractivity (Wildman–Crippen MR) is 60.1 cm³/mol. The zero-order valence-corrected chi connectivity index (χ0v) is 9.21. The van der Waals surface area contributed by atoms with Crippen LogP contribution in [0.5, 0.6) is 0 Å². The van der Waals surface area contributed by atoms with E-state index in [1.165, 1.54) is 0 Å². The Morgan fingerprint density at radius 1 is 1.56 bits per heavy atom. The molecular weight excluding hydrogens is 206 g/mol. The van der Waals surface area contributed by atoms with Crippen LogP contribution in [0.2, 0.25) is 0 Å². The van der Waals surface area contributed by atoms with Gasteiger partial charge in [0.05, 0.1) is 18.0 Å². The molecule has 1 aromatic rings. The highest BCUT2D eigenvalue weighted by Gasteiger charge is 2.21. The normalized spacial score (nSPS) is 13.6. The second-order valence-electron chi connectivity index (χ2n) is 3.98. The molecule has 0 saturated heterocycles. The number of primary amides is 1. The predicted octanol–water partition coefficient (Wildman–Crippen LogP) is 0.862. The Morgan fingerprint density at radius 2 is 2.31 bits per heavy atom.